The van der Waals surface area contributed by atoms with Crippen LogP contribution in [-0.2, 0) is 32.7 Å². The second kappa shape index (κ2) is 33.9. The Hall–Kier alpha value is -2.37. The van der Waals surface area contributed by atoms with Crippen LogP contribution in [0.4, 0.5) is 0 Å². The molecule has 0 amide bonds. The normalized spacial score (nSPS) is 15.5. The van der Waals surface area contributed by atoms with Gasteiger partial charge >= 0.3 is 19.8 Å². The quantitative estimate of drug-likeness (QED) is 0.0142. The lowest BCUT2D eigenvalue weighted by atomic mass is 10.1. The molecule has 1 unspecified atom stereocenters. The summed E-state index contributed by atoms with van der Waals surface area (Å²) >= 11 is 0. The van der Waals surface area contributed by atoms with E-state index in [1.807, 2.05) is 51.5 Å². The fraction of sp³-hybridized carbons (Fsp3) is 0.714. The van der Waals surface area contributed by atoms with Gasteiger partial charge in [-0.3, -0.25) is 18.6 Å². The van der Waals surface area contributed by atoms with Crippen molar-refractivity contribution in [1.29, 1.82) is 0 Å². The molecule has 0 saturated heterocycles. The molecule has 0 saturated carbocycles. The maximum Gasteiger partial charge on any atom is 0.472 e. The van der Waals surface area contributed by atoms with Crippen molar-refractivity contribution in [2.24, 2.45) is 0 Å². The van der Waals surface area contributed by atoms with Gasteiger partial charge < -0.3 is 29.1 Å². The zero-order valence-corrected chi connectivity index (χ0v) is 35.1. The zero-order valence-electron chi connectivity index (χ0n) is 34.2. The third kappa shape index (κ3) is 36.6. The summed E-state index contributed by atoms with van der Waals surface area (Å²) < 4.78 is 34.0. The maximum absolute atomic E-state index is 12.7. The number of ether oxygens (including phenoxy) is 2. The van der Waals surface area contributed by atoms with E-state index in [0.29, 0.717) is 36.7 Å². The Morgan fingerprint density at radius 1 is 0.667 bits per heavy atom. The number of aliphatic hydroxyl groups is 2. The van der Waals surface area contributed by atoms with Gasteiger partial charge in [-0.2, -0.15) is 0 Å². The van der Waals surface area contributed by atoms with Gasteiger partial charge in [0.25, 0.3) is 0 Å². The first-order valence-corrected chi connectivity index (χ1v) is 21.7. The number of quaternary nitrogens is 1. The largest absolute Gasteiger partial charge is 0.472 e. The second-order valence-corrected chi connectivity index (χ2v) is 16.2. The average Bonchev–Trinajstić information content (AvgIpc) is 3.10. The van der Waals surface area contributed by atoms with Crippen LogP contribution in [0.1, 0.15) is 129 Å². The van der Waals surface area contributed by atoms with E-state index < -0.39 is 44.7 Å². The summed E-state index contributed by atoms with van der Waals surface area (Å²) in [5.41, 5.74) is 0. The fourth-order valence-electron chi connectivity index (χ4n) is 4.91. The Labute approximate surface area is 327 Å². The molecule has 0 aromatic heterocycles. The number of hydrogen-bond acceptors (Lipinski definition) is 9. The number of phosphoric acid groups is 1. The first kappa shape index (κ1) is 51.6. The maximum atomic E-state index is 12.7. The van der Waals surface area contributed by atoms with Gasteiger partial charge in [0, 0.05) is 12.8 Å². The van der Waals surface area contributed by atoms with Crippen LogP contribution in [0, 0.1) is 0 Å². The standard InChI is InChI=1S/C42H74NO10P/c1-6-8-10-11-12-13-14-15-19-22-26-32-41(46)50-36-40(37-52-54(48,49)51-35-34-43(3,4)5)53-42(47)33-27-31-39(45)30-25-21-18-16-17-20-24-29-38(44)28-23-9-7-2/h11-12,17-18,20-21,24-25,29-30,38-40,44-45H,6-10,13-16,19,22-23,26-28,31-37H2,1-5H3/p+1/b12-11-,20-17-,21-18-,29-24+,30-25+/t38-,39-,40-/m1/s1. The van der Waals surface area contributed by atoms with E-state index in [1.54, 1.807) is 18.2 Å². The van der Waals surface area contributed by atoms with Crippen LogP contribution in [0.3, 0.4) is 0 Å². The predicted octanol–water partition coefficient (Wildman–Crippen LogP) is 8.85. The molecule has 0 rings (SSSR count). The minimum Gasteiger partial charge on any atom is -0.462 e. The molecule has 3 N–H and O–H groups in total. The molecule has 312 valence electrons. The number of likely N-dealkylation sites (N-methyl/N-ethyl adjacent to an activating group) is 1. The summed E-state index contributed by atoms with van der Waals surface area (Å²) in [6.07, 6.45) is 32.0. The van der Waals surface area contributed by atoms with E-state index in [2.05, 4.69) is 26.0 Å². The van der Waals surface area contributed by atoms with Crippen molar-refractivity contribution in [2.75, 3.05) is 47.5 Å². The Morgan fingerprint density at radius 3 is 1.87 bits per heavy atom. The van der Waals surface area contributed by atoms with Crippen LogP contribution in [0.5, 0.6) is 0 Å². The molecule has 4 atom stereocenters. The summed E-state index contributed by atoms with van der Waals surface area (Å²) in [5.74, 6) is -1.05. The summed E-state index contributed by atoms with van der Waals surface area (Å²) in [6.45, 7) is 3.97. The van der Waals surface area contributed by atoms with Crippen LogP contribution in [0.2, 0.25) is 0 Å². The summed E-state index contributed by atoms with van der Waals surface area (Å²) in [5, 5.41) is 20.2. The van der Waals surface area contributed by atoms with E-state index in [9.17, 15) is 29.3 Å². The van der Waals surface area contributed by atoms with Crippen molar-refractivity contribution in [3.05, 3.63) is 60.8 Å². The average molecular weight is 785 g/mol. The minimum atomic E-state index is -4.44. The highest BCUT2D eigenvalue weighted by atomic mass is 31.2. The molecular formula is C42H75NO10P+. The van der Waals surface area contributed by atoms with Crippen molar-refractivity contribution in [2.45, 2.75) is 148 Å². The highest BCUT2D eigenvalue weighted by Crippen LogP contribution is 2.43. The molecule has 0 aromatic carbocycles. The van der Waals surface area contributed by atoms with Crippen LogP contribution < -0.4 is 0 Å². The number of carbonyl (C=O) groups is 2. The molecule has 54 heavy (non-hydrogen) atoms. The SMILES string of the molecule is CCCC/C=C\CCCCCCCC(=O)OC[C@H](COP(=O)(O)OCC[N+](C)(C)C)OC(=O)CCC[C@H](O)/C=C/C=C\C/C=C\C=C\[C@H](O)CCCCC. The third-order valence-corrected chi connectivity index (χ3v) is 9.21. The van der Waals surface area contributed by atoms with Gasteiger partial charge in [0.2, 0.25) is 0 Å². The minimum absolute atomic E-state index is 0.0118. The number of allylic oxidation sites excluding steroid dienone is 8. The molecule has 0 aliphatic heterocycles. The second-order valence-electron chi connectivity index (χ2n) is 14.7. The monoisotopic (exact) mass is 785 g/mol. The number of esters is 2. The Balaban J connectivity index is 4.69. The fourth-order valence-corrected chi connectivity index (χ4v) is 5.65. The molecule has 11 nitrogen and oxygen atoms in total. The lowest BCUT2D eigenvalue weighted by molar-refractivity contribution is -0.870. The van der Waals surface area contributed by atoms with Crippen LogP contribution in [0.15, 0.2) is 60.8 Å². The van der Waals surface area contributed by atoms with Gasteiger partial charge in [-0.25, -0.2) is 4.57 Å². The van der Waals surface area contributed by atoms with Crippen LogP contribution in [0.25, 0.3) is 0 Å². The van der Waals surface area contributed by atoms with Crippen LogP contribution in [-0.4, -0.2) is 97.3 Å². The molecule has 0 bridgehead atoms. The summed E-state index contributed by atoms with van der Waals surface area (Å²) in [4.78, 5) is 35.2. The number of hydrogen-bond donors (Lipinski definition) is 3. The molecule has 0 fully saturated rings. The third-order valence-electron chi connectivity index (χ3n) is 8.23. The van der Waals surface area contributed by atoms with Gasteiger partial charge in [0.1, 0.15) is 19.8 Å². The van der Waals surface area contributed by atoms with Crippen molar-refractivity contribution in [3.8, 4) is 0 Å². The van der Waals surface area contributed by atoms with E-state index in [0.717, 1.165) is 64.2 Å². The number of nitrogens with zero attached hydrogens (tertiary/aromatic N) is 1. The molecular weight excluding hydrogens is 709 g/mol. The number of carbonyl (C=O) groups excluding carboxylic acids is 2. The van der Waals surface area contributed by atoms with Gasteiger partial charge in [-0.1, -0.05) is 126 Å². The molecule has 12 heteroatoms. The van der Waals surface area contributed by atoms with Crippen molar-refractivity contribution >= 4 is 19.8 Å². The molecule has 0 aliphatic rings. The van der Waals surface area contributed by atoms with E-state index >= 15 is 0 Å². The first-order chi connectivity index (χ1) is 25.8. The lowest BCUT2D eigenvalue weighted by Crippen LogP contribution is -2.37. The Morgan fingerprint density at radius 2 is 1.24 bits per heavy atom. The number of rotatable bonds is 35. The van der Waals surface area contributed by atoms with Crippen LogP contribution >= 0.6 is 7.82 Å². The smallest absolute Gasteiger partial charge is 0.462 e. The molecule has 0 aromatic rings. The predicted molar refractivity (Wildman–Crippen MR) is 218 cm³/mol. The van der Waals surface area contributed by atoms with E-state index in [1.165, 1.54) is 12.8 Å². The lowest BCUT2D eigenvalue weighted by Gasteiger charge is -2.24. The van der Waals surface area contributed by atoms with Gasteiger partial charge in [0.15, 0.2) is 6.10 Å². The highest BCUT2D eigenvalue weighted by molar-refractivity contribution is 7.47. The first-order valence-electron chi connectivity index (χ1n) is 20.2. The zero-order chi connectivity index (χ0) is 40.3. The molecule has 0 spiro atoms. The number of phosphoric ester groups is 1. The van der Waals surface area contributed by atoms with Crippen molar-refractivity contribution in [1.82, 2.24) is 0 Å². The Bertz CT molecular complexity index is 1140. The number of unbranched alkanes of at least 4 members (excludes halogenated alkanes) is 9. The van der Waals surface area contributed by atoms with Gasteiger partial charge in [-0.05, 0) is 51.4 Å². The van der Waals surface area contributed by atoms with Gasteiger partial charge in [0.05, 0.1) is 40.0 Å². The van der Waals surface area contributed by atoms with E-state index in [-0.39, 0.29) is 26.1 Å². The molecule has 0 aliphatic carbocycles. The summed E-state index contributed by atoms with van der Waals surface area (Å²) in [7, 11) is 1.31. The number of aliphatic hydroxyl groups excluding tert-OH is 2. The summed E-state index contributed by atoms with van der Waals surface area (Å²) in [6, 6.07) is 0. The van der Waals surface area contributed by atoms with Gasteiger partial charge in [-0.15, -0.1) is 0 Å². The Kier molecular flexibility index (Phi) is 32.4. The van der Waals surface area contributed by atoms with Crippen molar-refractivity contribution < 1.29 is 52.3 Å². The highest BCUT2D eigenvalue weighted by Gasteiger charge is 2.27. The molecule has 0 radical (unpaired) electrons. The van der Waals surface area contributed by atoms with Crippen molar-refractivity contribution in [3.63, 3.8) is 0 Å². The van der Waals surface area contributed by atoms with E-state index in [4.69, 9.17) is 18.5 Å². The molecule has 0 heterocycles. The topological polar surface area (TPSA) is 149 Å².